The SMILES string of the molecule is O=c1cc(O)cnn1[C@@H]1CCCO1. The van der Waals surface area contributed by atoms with E-state index in [2.05, 4.69) is 5.10 Å². The largest absolute Gasteiger partial charge is 0.506 e. The van der Waals surface area contributed by atoms with E-state index in [0.29, 0.717) is 6.61 Å². The fraction of sp³-hybridized carbons (Fsp3) is 0.500. The molecule has 70 valence electrons. The highest BCUT2D eigenvalue weighted by Crippen LogP contribution is 2.20. The van der Waals surface area contributed by atoms with Crippen LogP contribution in [0.4, 0.5) is 0 Å². The maximum Gasteiger partial charge on any atom is 0.272 e. The number of rotatable bonds is 1. The van der Waals surface area contributed by atoms with Crippen LogP contribution in [0.25, 0.3) is 0 Å². The van der Waals surface area contributed by atoms with Gasteiger partial charge in [-0.3, -0.25) is 4.79 Å². The van der Waals surface area contributed by atoms with Gasteiger partial charge in [-0.15, -0.1) is 0 Å². The van der Waals surface area contributed by atoms with Crippen molar-refractivity contribution < 1.29 is 9.84 Å². The number of hydrogen-bond donors (Lipinski definition) is 1. The fourth-order valence-corrected chi connectivity index (χ4v) is 1.38. The molecule has 0 amide bonds. The molecule has 0 aromatic carbocycles. The molecule has 1 saturated heterocycles. The summed E-state index contributed by atoms with van der Waals surface area (Å²) < 4.78 is 6.54. The van der Waals surface area contributed by atoms with Crippen LogP contribution in [-0.4, -0.2) is 21.5 Å². The third kappa shape index (κ3) is 1.55. The highest BCUT2D eigenvalue weighted by molar-refractivity contribution is 5.10. The number of nitrogens with zero attached hydrogens (tertiary/aromatic N) is 2. The summed E-state index contributed by atoms with van der Waals surface area (Å²) >= 11 is 0. The molecule has 0 spiro atoms. The molecule has 1 aliphatic rings. The minimum Gasteiger partial charge on any atom is -0.506 e. The molecule has 1 atom stereocenters. The first-order valence-corrected chi connectivity index (χ1v) is 4.17. The number of aromatic nitrogens is 2. The molecule has 1 aromatic heterocycles. The molecular weight excluding hydrogens is 172 g/mol. The predicted octanol–water partition coefficient (Wildman–Crippen LogP) is 0.258. The second-order valence-electron chi connectivity index (χ2n) is 2.96. The Bertz CT molecular complexity index is 355. The average Bonchev–Trinajstić information content (AvgIpc) is 2.56. The predicted molar refractivity (Wildman–Crippen MR) is 44.4 cm³/mol. The highest BCUT2D eigenvalue weighted by Gasteiger charge is 2.19. The van der Waals surface area contributed by atoms with Crippen molar-refractivity contribution in [2.75, 3.05) is 6.61 Å². The van der Waals surface area contributed by atoms with Crippen LogP contribution in [0.2, 0.25) is 0 Å². The summed E-state index contributed by atoms with van der Waals surface area (Å²) in [4.78, 5) is 11.3. The number of aromatic hydroxyl groups is 1. The lowest BCUT2D eigenvalue weighted by atomic mass is 10.3. The van der Waals surface area contributed by atoms with Gasteiger partial charge in [0.15, 0.2) is 6.23 Å². The van der Waals surface area contributed by atoms with E-state index in [4.69, 9.17) is 9.84 Å². The Labute approximate surface area is 74.6 Å². The van der Waals surface area contributed by atoms with Crippen LogP contribution < -0.4 is 5.56 Å². The van der Waals surface area contributed by atoms with Crippen LogP contribution in [-0.2, 0) is 4.74 Å². The molecule has 2 rings (SSSR count). The van der Waals surface area contributed by atoms with Crippen molar-refractivity contribution in [1.29, 1.82) is 0 Å². The molecule has 5 nitrogen and oxygen atoms in total. The lowest BCUT2D eigenvalue weighted by Gasteiger charge is -2.10. The molecule has 0 aliphatic carbocycles. The van der Waals surface area contributed by atoms with E-state index in [9.17, 15) is 4.79 Å². The summed E-state index contributed by atoms with van der Waals surface area (Å²) in [5.74, 6) is -0.112. The van der Waals surface area contributed by atoms with Gasteiger partial charge in [0.25, 0.3) is 5.56 Å². The Morgan fingerprint density at radius 1 is 1.69 bits per heavy atom. The van der Waals surface area contributed by atoms with Crippen molar-refractivity contribution in [3.63, 3.8) is 0 Å². The Kier molecular flexibility index (Phi) is 2.02. The standard InChI is InChI=1S/C8H10N2O3/c11-6-4-7(12)10(9-5-6)8-2-1-3-13-8/h4-5,8,11H,1-3H2/t8-/m0/s1. The molecule has 2 heterocycles. The van der Waals surface area contributed by atoms with Crippen molar-refractivity contribution in [3.8, 4) is 5.75 Å². The van der Waals surface area contributed by atoms with Gasteiger partial charge in [-0.25, -0.2) is 4.68 Å². The van der Waals surface area contributed by atoms with E-state index >= 15 is 0 Å². The Morgan fingerprint density at radius 2 is 2.54 bits per heavy atom. The molecule has 0 bridgehead atoms. The molecule has 13 heavy (non-hydrogen) atoms. The number of ether oxygens (including phenoxy) is 1. The lowest BCUT2D eigenvalue weighted by molar-refractivity contribution is 0.0424. The van der Waals surface area contributed by atoms with Gasteiger partial charge in [-0.1, -0.05) is 0 Å². The lowest BCUT2D eigenvalue weighted by Crippen LogP contribution is -2.25. The third-order valence-corrected chi connectivity index (χ3v) is 1.99. The summed E-state index contributed by atoms with van der Waals surface area (Å²) in [5, 5.41) is 12.8. The van der Waals surface area contributed by atoms with Crippen molar-refractivity contribution in [2.24, 2.45) is 0 Å². The summed E-state index contributed by atoms with van der Waals surface area (Å²) in [6.45, 7) is 0.666. The van der Waals surface area contributed by atoms with Gasteiger partial charge in [0, 0.05) is 12.7 Å². The average molecular weight is 182 g/mol. The highest BCUT2D eigenvalue weighted by atomic mass is 16.5. The molecule has 5 heteroatoms. The van der Waals surface area contributed by atoms with E-state index < -0.39 is 0 Å². The maximum atomic E-state index is 11.3. The van der Waals surface area contributed by atoms with E-state index in [1.807, 2.05) is 0 Å². The Morgan fingerprint density at radius 3 is 3.15 bits per heavy atom. The van der Waals surface area contributed by atoms with E-state index in [1.54, 1.807) is 0 Å². The van der Waals surface area contributed by atoms with Crippen molar-refractivity contribution in [1.82, 2.24) is 9.78 Å². The van der Waals surface area contributed by atoms with Crippen molar-refractivity contribution in [3.05, 3.63) is 22.6 Å². The van der Waals surface area contributed by atoms with Crippen LogP contribution in [0.1, 0.15) is 19.1 Å². The molecule has 0 radical (unpaired) electrons. The first kappa shape index (κ1) is 8.25. The minimum absolute atomic E-state index is 0.112. The van der Waals surface area contributed by atoms with Gasteiger partial charge >= 0.3 is 0 Å². The minimum atomic E-state index is -0.327. The molecule has 1 aliphatic heterocycles. The van der Waals surface area contributed by atoms with Crippen LogP contribution in [0.15, 0.2) is 17.1 Å². The van der Waals surface area contributed by atoms with Gasteiger partial charge in [0.05, 0.1) is 6.20 Å². The van der Waals surface area contributed by atoms with Crippen LogP contribution >= 0.6 is 0 Å². The van der Waals surface area contributed by atoms with E-state index in [1.165, 1.54) is 10.9 Å². The van der Waals surface area contributed by atoms with Gasteiger partial charge < -0.3 is 9.84 Å². The molecule has 1 aromatic rings. The zero-order chi connectivity index (χ0) is 9.26. The third-order valence-electron chi connectivity index (χ3n) is 1.99. The molecular formula is C8H10N2O3. The van der Waals surface area contributed by atoms with Gasteiger partial charge in [0.2, 0.25) is 0 Å². The zero-order valence-electron chi connectivity index (χ0n) is 7.01. The topological polar surface area (TPSA) is 64.3 Å². The Hall–Kier alpha value is -1.36. The summed E-state index contributed by atoms with van der Waals surface area (Å²) in [6, 6.07) is 1.13. The number of hydrogen-bond acceptors (Lipinski definition) is 4. The second kappa shape index (κ2) is 3.18. The van der Waals surface area contributed by atoms with Crippen molar-refractivity contribution >= 4 is 0 Å². The summed E-state index contributed by atoms with van der Waals surface area (Å²) in [6.07, 6.45) is 2.73. The van der Waals surface area contributed by atoms with Gasteiger partial charge in [0.1, 0.15) is 5.75 Å². The zero-order valence-corrected chi connectivity index (χ0v) is 7.01. The second-order valence-corrected chi connectivity index (χ2v) is 2.96. The van der Waals surface area contributed by atoms with Crippen molar-refractivity contribution in [2.45, 2.75) is 19.1 Å². The maximum absolute atomic E-state index is 11.3. The summed E-state index contributed by atoms with van der Waals surface area (Å²) in [5.41, 5.74) is -0.327. The van der Waals surface area contributed by atoms with Gasteiger partial charge in [-0.2, -0.15) is 5.10 Å². The van der Waals surface area contributed by atoms with E-state index in [0.717, 1.165) is 18.9 Å². The smallest absolute Gasteiger partial charge is 0.272 e. The van der Waals surface area contributed by atoms with Crippen LogP contribution in [0.3, 0.4) is 0 Å². The monoisotopic (exact) mass is 182 g/mol. The normalized spacial score (nSPS) is 22.0. The van der Waals surface area contributed by atoms with Crippen LogP contribution in [0.5, 0.6) is 5.75 Å². The quantitative estimate of drug-likeness (QED) is 0.676. The fourth-order valence-electron chi connectivity index (χ4n) is 1.38. The van der Waals surface area contributed by atoms with Crippen LogP contribution in [0, 0.1) is 0 Å². The molecule has 0 saturated carbocycles. The molecule has 0 unspecified atom stereocenters. The summed E-state index contributed by atoms with van der Waals surface area (Å²) in [7, 11) is 0. The molecule has 1 fully saturated rings. The Balaban J connectivity index is 2.34. The van der Waals surface area contributed by atoms with E-state index in [-0.39, 0.29) is 17.5 Å². The first-order chi connectivity index (χ1) is 6.27. The van der Waals surface area contributed by atoms with Gasteiger partial charge in [-0.05, 0) is 12.8 Å². The molecule has 1 N–H and O–H groups in total. The first-order valence-electron chi connectivity index (χ1n) is 4.17.